The van der Waals surface area contributed by atoms with Gasteiger partial charge in [0.1, 0.15) is 0 Å². The van der Waals surface area contributed by atoms with Crippen molar-refractivity contribution in [2.24, 2.45) is 0 Å². The Kier molecular flexibility index (Phi) is 6.48. The normalized spacial score (nSPS) is 9.06. The fourth-order valence-electron chi connectivity index (χ4n) is 1.73. The maximum absolute atomic E-state index is 2.20. The predicted molar refractivity (Wildman–Crippen MR) is 67.8 cm³/mol. The molecule has 0 fully saturated rings. The zero-order chi connectivity index (χ0) is 11.4. The van der Waals surface area contributed by atoms with Gasteiger partial charge in [0.2, 0.25) is 0 Å². The first-order chi connectivity index (χ1) is 7.05. The summed E-state index contributed by atoms with van der Waals surface area (Å²) in [6, 6.07) is 10.0. The van der Waals surface area contributed by atoms with Gasteiger partial charge >= 0.3 is 0 Å². The van der Waals surface area contributed by atoms with Crippen molar-refractivity contribution in [1.82, 2.24) is 0 Å². The molecular weight excluding hydrogens is 231 g/mol. The van der Waals surface area contributed by atoms with Gasteiger partial charge in [-0.25, -0.2) is 12.1 Å². The van der Waals surface area contributed by atoms with Gasteiger partial charge in [0, 0.05) is 18.6 Å². The van der Waals surface area contributed by atoms with Crippen LogP contribution in [0.15, 0.2) is 30.3 Å². The molecule has 0 bridgehead atoms. The van der Waals surface area contributed by atoms with E-state index in [-0.39, 0.29) is 18.6 Å². The SMILES string of the molecule is Cc1c(C)c(C)[c-](C)c1C.[V].c1cc[cH-]c1. The number of hydrogen-bond donors (Lipinski definition) is 0. The van der Waals surface area contributed by atoms with E-state index in [0.29, 0.717) is 0 Å². The molecule has 0 heterocycles. The Bertz CT molecular complexity index is 308. The van der Waals surface area contributed by atoms with Crippen LogP contribution in [0.4, 0.5) is 0 Å². The fourth-order valence-corrected chi connectivity index (χ4v) is 1.73. The summed E-state index contributed by atoms with van der Waals surface area (Å²) < 4.78 is 0. The third-order valence-corrected chi connectivity index (χ3v) is 3.37. The van der Waals surface area contributed by atoms with E-state index in [1.165, 1.54) is 27.8 Å². The molecule has 1 radical (unpaired) electrons. The van der Waals surface area contributed by atoms with E-state index in [1.807, 2.05) is 30.3 Å². The molecule has 0 unspecified atom stereocenters. The van der Waals surface area contributed by atoms with Gasteiger partial charge in [0.05, 0.1) is 0 Å². The molecule has 16 heavy (non-hydrogen) atoms. The molecule has 0 atom stereocenters. The topological polar surface area (TPSA) is 0 Å². The van der Waals surface area contributed by atoms with Gasteiger partial charge in [-0.15, -0.1) is 0 Å². The van der Waals surface area contributed by atoms with Gasteiger partial charge in [0.15, 0.2) is 0 Å². The zero-order valence-corrected chi connectivity index (χ0v) is 12.2. The standard InChI is InChI=1S/C10H15.C5H5.V/c1-6-7(2)9(4)10(5)8(6)3;1-2-4-5-3-1;/h1-5H3;1-5H;/q2*-1;. The Balaban J connectivity index is 0.000000318. The van der Waals surface area contributed by atoms with Crippen LogP contribution in [0, 0.1) is 34.6 Å². The monoisotopic (exact) mass is 251 g/mol. The van der Waals surface area contributed by atoms with E-state index in [9.17, 15) is 0 Å². The molecule has 2 rings (SSSR count). The van der Waals surface area contributed by atoms with Gasteiger partial charge in [-0.2, -0.15) is 46.0 Å². The summed E-state index contributed by atoms with van der Waals surface area (Å²) in [4.78, 5) is 0. The fraction of sp³-hybridized carbons (Fsp3) is 0.333. The largest absolute Gasteiger partial charge is 0.214 e. The molecule has 0 saturated heterocycles. The predicted octanol–water partition coefficient (Wildman–Crippen LogP) is 4.35. The molecule has 1 heteroatoms. The number of hydrogen-bond acceptors (Lipinski definition) is 0. The van der Waals surface area contributed by atoms with Crippen molar-refractivity contribution < 1.29 is 18.6 Å². The molecule has 0 spiro atoms. The van der Waals surface area contributed by atoms with Crippen LogP contribution in [-0.4, -0.2) is 0 Å². The van der Waals surface area contributed by atoms with Gasteiger partial charge < -0.3 is 0 Å². The zero-order valence-electron chi connectivity index (χ0n) is 10.8. The van der Waals surface area contributed by atoms with Crippen molar-refractivity contribution in [2.45, 2.75) is 34.6 Å². The first-order valence-electron chi connectivity index (χ1n) is 5.42. The summed E-state index contributed by atoms with van der Waals surface area (Å²) in [6.45, 7) is 11.0. The molecule has 2 aromatic rings. The Morgan fingerprint density at radius 1 is 0.875 bits per heavy atom. The van der Waals surface area contributed by atoms with Crippen LogP contribution in [0.2, 0.25) is 0 Å². The molecule has 87 valence electrons. The van der Waals surface area contributed by atoms with Crippen molar-refractivity contribution >= 4 is 0 Å². The van der Waals surface area contributed by atoms with E-state index in [2.05, 4.69) is 34.6 Å². The maximum Gasteiger partial charge on any atom is 0 e. The second-order valence-corrected chi connectivity index (χ2v) is 4.09. The van der Waals surface area contributed by atoms with Crippen molar-refractivity contribution in [3.63, 3.8) is 0 Å². The van der Waals surface area contributed by atoms with E-state index in [1.54, 1.807) is 0 Å². The third-order valence-electron chi connectivity index (χ3n) is 3.37. The summed E-state index contributed by atoms with van der Waals surface area (Å²) >= 11 is 0. The van der Waals surface area contributed by atoms with Crippen LogP contribution >= 0.6 is 0 Å². The molecule has 0 N–H and O–H groups in total. The van der Waals surface area contributed by atoms with Crippen LogP contribution in [0.5, 0.6) is 0 Å². The molecule has 2 aromatic carbocycles. The van der Waals surface area contributed by atoms with Crippen molar-refractivity contribution in [1.29, 1.82) is 0 Å². The van der Waals surface area contributed by atoms with Crippen molar-refractivity contribution in [3.05, 3.63) is 58.1 Å². The Hall–Kier alpha value is -0.716. The van der Waals surface area contributed by atoms with Crippen LogP contribution in [0.3, 0.4) is 0 Å². The second-order valence-electron chi connectivity index (χ2n) is 4.09. The van der Waals surface area contributed by atoms with Crippen LogP contribution in [0.25, 0.3) is 0 Å². The Morgan fingerprint density at radius 3 is 1.38 bits per heavy atom. The molecule has 0 aliphatic carbocycles. The molecule has 0 nitrogen and oxygen atoms in total. The summed E-state index contributed by atoms with van der Waals surface area (Å²) in [5.41, 5.74) is 7.34. The maximum atomic E-state index is 2.20. The summed E-state index contributed by atoms with van der Waals surface area (Å²) in [5.74, 6) is 0. The van der Waals surface area contributed by atoms with Gasteiger partial charge in [0.25, 0.3) is 0 Å². The Labute approximate surface area is 111 Å². The first-order valence-corrected chi connectivity index (χ1v) is 5.42. The second kappa shape index (κ2) is 6.78. The van der Waals surface area contributed by atoms with E-state index < -0.39 is 0 Å². The first kappa shape index (κ1) is 15.3. The molecule has 0 amide bonds. The molecular formula is C15H20V-2. The van der Waals surface area contributed by atoms with E-state index >= 15 is 0 Å². The quantitative estimate of drug-likeness (QED) is 0.610. The molecule has 0 aliphatic heterocycles. The smallest absolute Gasteiger partial charge is 0 e. The van der Waals surface area contributed by atoms with Gasteiger partial charge in [-0.3, -0.25) is 0 Å². The minimum absolute atomic E-state index is 0. The van der Waals surface area contributed by atoms with Gasteiger partial charge in [-0.1, -0.05) is 34.6 Å². The van der Waals surface area contributed by atoms with Crippen molar-refractivity contribution in [3.8, 4) is 0 Å². The van der Waals surface area contributed by atoms with Crippen LogP contribution in [-0.2, 0) is 18.6 Å². The van der Waals surface area contributed by atoms with Crippen molar-refractivity contribution in [2.75, 3.05) is 0 Å². The molecule has 0 aliphatic rings. The van der Waals surface area contributed by atoms with E-state index in [4.69, 9.17) is 0 Å². The molecule has 0 aromatic heterocycles. The minimum atomic E-state index is 0. The van der Waals surface area contributed by atoms with Crippen LogP contribution < -0.4 is 0 Å². The average Bonchev–Trinajstić information content (AvgIpc) is 2.86. The Morgan fingerprint density at radius 2 is 1.25 bits per heavy atom. The average molecular weight is 251 g/mol. The third kappa shape index (κ3) is 3.40. The molecule has 0 saturated carbocycles. The summed E-state index contributed by atoms with van der Waals surface area (Å²) in [7, 11) is 0. The summed E-state index contributed by atoms with van der Waals surface area (Å²) in [5, 5.41) is 0. The van der Waals surface area contributed by atoms with E-state index in [0.717, 1.165) is 0 Å². The number of rotatable bonds is 0. The van der Waals surface area contributed by atoms with Crippen LogP contribution in [0.1, 0.15) is 27.8 Å². The summed E-state index contributed by atoms with van der Waals surface area (Å²) in [6.07, 6.45) is 0. The van der Waals surface area contributed by atoms with Gasteiger partial charge in [-0.05, 0) is 0 Å². The minimum Gasteiger partial charge on any atom is -0.214 e.